The van der Waals surface area contributed by atoms with Gasteiger partial charge in [0.25, 0.3) is 5.91 Å². The van der Waals surface area contributed by atoms with Gasteiger partial charge in [-0.3, -0.25) is 14.5 Å². The molecular weight excluding hydrogens is 416 g/mol. The molecule has 6 nitrogen and oxygen atoms in total. The minimum Gasteiger partial charge on any atom is -0.356 e. The van der Waals surface area contributed by atoms with E-state index in [9.17, 15) is 9.59 Å². The van der Waals surface area contributed by atoms with E-state index in [1.165, 1.54) is 17.3 Å². The molecule has 0 spiro atoms. The lowest BCUT2D eigenvalue weighted by Crippen LogP contribution is -2.31. The maximum Gasteiger partial charge on any atom is 0.266 e. The van der Waals surface area contributed by atoms with Gasteiger partial charge in [0.1, 0.15) is 4.32 Å². The molecule has 1 aromatic heterocycles. The van der Waals surface area contributed by atoms with E-state index in [4.69, 9.17) is 12.2 Å². The number of thioether (sulfide) groups is 1. The second-order valence-corrected chi connectivity index (χ2v) is 9.11. The lowest BCUT2D eigenvalue weighted by Gasteiger charge is -2.14. The topological polar surface area (TPSA) is 78.1 Å². The van der Waals surface area contributed by atoms with Crippen molar-refractivity contribution in [3.63, 3.8) is 0 Å². The van der Waals surface area contributed by atoms with E-state index in [0.29, 0.717) is 47.5 Å². The molecule has 30 heavy (non-hydrogen) atoms. The summed E-state index contributed by atoms with van der Waals surface area (Å²) >= 11 is 6.70. The average molecular weight is 443 g/mol. The molecule has 2 amide bonds. The Kier molecular flexibility index (Phi) is 7.81. The molecule has 2 heterocycles. The van der Waals surface area contributed by atoms with Crippen LogP contribution in [0.15, 0.2) is 41.7 Å². The Balaban J connectivity index is 1.45. The quantitative estimate of drug-likeness (QED) is 0.455. The molecule has 0 saturated carbocycles. The van der Waals surface area contributed by atoms with Crippen LogP contribution in [0.1, 0.15) is 49.4 Å². The fourth-order valence-electron chi connectivity index (χ4n) is 3.07. The van der Waals surface area contributed by atoms with Gasteiger partial charge in [-0.05, 0) is 29.5 Å². The molecular formula is C22H26N4O2S2. The third kappa shape index (κ3) is 6.03. The number of hydrogen-bond donors (Lipinski definition) is 2. The van der Waals surface area contributed by atoms with Gasteiger partial charge in [0, 0.05) is 37.8 Å². The number of H-pyrrole nitrogens is 1. The summed E-state index contributed by atoms with van der Waals surface area (Å²) in [5.41, 5.74) is 3.23. The van der Waals surface area contributed by atoms with Gasteiger partial charge in [-0.1, -0.05) is 62.1 Å². The molecule has 0 atom stereocenters. The van der Waals surface area contributed by atoms with E-state index in [1.807, 2.05) is 18.2 Å². The molecule has 0 radical (unpaired) electrons. The Morgan fingerprint density at radius 1 is 1.33 bits per heavy atom. The monoisotopic (exact) mass is 442 g/mol. The molecule has 0 aliphatic carbocycles. The van der Waals surface area contributed by atoms with Crippen molar-refractivity contribution in [2.24, 2.45) is 0 Å². The van der Waals surface area contributed by atoms with Crippen LogP contribution in [0, 0.1) is 0 Å². The first-order valence-corrected chi connectivity index (χ1v) is 11.3. The standard InChI is InChI=1S/C22H26N4O2S2/c1-15(2)17-7-5-16(6-8-17)12-19-21(28)26(22(29)30-19)11-3-4-20(27)24-10-9-18-13-23-14-25-18/h5-8,12-15H,3-4,9-11H2,1-2H3,(H,23,25)(H,24,27). The molecule has 1 aliphatic heterocycles. The van der Waals surface area contributed by atoms with E-state index in [1.54, 1.807) is 17.4 Å². The summed E-state index contributed by atoms with van der Waals surface area (Å²) in [5.74, 6) is 0.360. The number of rotatable bonds is 9. The van der Waals surface area contributed by atoms with Crippen LogP contribution in [-0.2, 0) is 16.0 Å². The van der Waals surface area contributed by atoms with Gasteiger partial charge in [-0.25, -0.2) is 4.98 Å². The van der Waals surface area contributed by atoms with Gasteiger partial charge in [-0.2, -0.15) is 0 Å². The zero-order valence-corrected chi connectivity index (χ0v) is 18.8. The largest absolute Gasteiger partial charge is 0.356 e. The van der Waals surface area contributed by atoms with Crippen LogP contribution in [0.5, 0.6) is 0 Å². The van der Waals surface area contributed by atoms with E-state index >= 15 is 0 Å². The lowest BCUT2D eigenvalue weighted by atomic mass is 10.0. The molecule has 2 aromatic rings. The summed E-state index contributed by atoms with van der Waals surface area (Å²) in [7, 11) is 0. The van der Waals surface area contributed by atoms with E-state index in [2.05, 4.69) is 41.3 Å². The molecule has 158 valence electrons. The number of amides is 2. The van der Waals surface area contributed by atoms with E-state index in [-0.39, 0.29) is 11.8 Å². The van der Waals surface area contributed by atoms with Crippen molar-refractivity contribution in [1.29, 1.82) is 0 Å². The summed E-state index contributed by atoms with van der Waals surface area (Å²) in [6, 6.07) is 8.22. The minimum atomic E-state index is -0.0856. The van der Waals surface area contributed by atoms with Crippen molar-refractivity contribution in [2.75, 3.05) is 13.1 Å². The first-order chi connectivity index (χ1) is 14.4. The maximum absolute atomic E-state index is 12.7. The summed E-state index contributed by atoms with van der Waals surface area (Å²) in [4.78, 5) is 33.9. The number of carbonyl (C=O) groups is 2. The van der Waals surface area contributed by atoms with Crippen LogP contribution >= 0.6 is 24.0 Å². The minimum absolute atomic E-state index is 0.0271. The number of benzene rings is 1. The highest BCUT2D eigenvalue weighted by Gasteiger charge is 2.31. The molecule has 1 saturated heterocycles. The molecule has 1 fully saturated rings. The Morgan fingerprint density at radius 2 is 2.10 bits per heavy atom. The third-order valence-corrected chi connectivity index (χ3v) is 6.21. The Bertz CT molecular complexity index is 921. The summed E-state index contributed by atoms with van der Waals surface area (Å²) in [6.45, 7) is 5.31. The van der Waals surface area contributed by atoms with Gasteiger partial charge in [0.2, 0.25) is 5.91 Å². The van der Waals surface area contributed by atoms with Crippen LogP contribution in [-0.4, -0.2) is 44.1 Å². The molecule has 2 N–H and O–H groups in total. The molecule has 1 aliphatic rings. The average Bonchev–Trinajstić information content (AvgIpc) is 3.32. The number of thiocarbonyl (C=S) groups is 1. The number of aromatic nitrogens is 2. The van der Waals surface area contributed by atoms with Crippen molar-refractivity contribution in [2.45, 2.75) is 39.0 Å². The Hall–Kier alpha value is -2.45. The van der Waals surface area contributed by atoms with Crippen molar-refractivity contribution in [1.82, 2.24) is 20.2 Å². The van der Waals surface area contributed by atoms with E-state index < -0.39 is 0 Å². The maximum atomic E-state index is 12.7. The zero-order valence-electron chi connectivity index (χ0n) is 17.2. The van der Waals surface area contributed by atoms with Crippen molar-refractivity contribution in [3.8, 4) is 0 Å². The van der Waals surface area contributed by atoms with Crippen LogP contribution in [0.25, 0.3) is 6.08 Å². The second kappa shape index (κ2) is 10.5. The number of hydrogen-bond acceptors (Lipinski definition) is 5. The molecule has 3 rings (SSSR count). The van der Waals surface area contributed by atoms with Gasteiger partial charge in [0.05, 0.1) is 11.2 Å². The Morgan fingerprint density at radius 3 is 2.77 bits per heavy atom. The van der Waals surface area contributed by atoms with Crippen molar-refractivity contribution < 1.29 is 9.59 Å². The third-order valence-electron chi connectivity index (χ3n) is 4.83. The first kappa shape index (κ1) is 22.2. The fraction of sp³-hybridized carbons (Fsp3) is 0.364. The molecule has 0 unspecified atom stereocenters. The van der Waals surface area contributed by atoms with Crippen LogP contribution < -0.4 is 5.32 Å². The van der Waals surface area contributed by atoms with Gasteiger partial charge in [-0.15, -0.1) is 0 Å². The second-order valence-electron chi connectivity index (χ2n) is 7.44. The summed E-state index contributed by atoms with van der Waals surface area (Å²) < 4.78 is 0.546. The SMILES string of the molecule is CC(C)c1ccc(C=C2SC(=S)N(CCCC(=O)NCCc3cnc[nH]3)C2=O)cc1. The smallest absolute Gasteiger partial charge is 0.266 e. The zero-order chi connectivity index (χ0) is 21.5. The number of nitrogens with zero attached hydrogens (tertiary/aromatic N) is 2. The molecule has 1 aromatic carbocycles. The van der Waals surface area contributed by atoms with E-state index in [0.717, 1.165) is 11.3 Å². The predicted molar refractivity (Wildman–Crippen MR) is 125 cm³/mol. The fourth-order valence-corrected chi connectivity index (χ4v) is 4.37. The van der Waals surface area contributed by atoms with Gasteiger partial charge >= 0.3 is 0 Å². The highest BCUT2D eigenvalue weighted by Crippen LogP contribution is 2.32. The lowest BCUT2D eigenvalue weighted by molar-refractivity contribution is -0.123. The summed E-state index contributed by atoms with van der Waals surface area (Å²) in [6.07, 6.45) is 6.88. The number of imidazole rings is 1. The normalized spacial score (nSPS) is 15.4. The molecule has 8 heteroatoms. The first-order valence-electron chi connectivity index (χ1n) is 10.0. The van der Waals surface area contributed by atoms with Crippen LogP contribution in [0.2, 0.25) is 0 Å². The highest BCUT2D eigenvalue weighted by atomic mass is 32.2. The number of nitrogens with one attached hydrogen (secondary N) is 2. The highest BCUT2D eigenvalue weighted by molar-refractivity contribution is 8.26. The number of carbonyl (C=O) groups excluding carboxylic acids is 2. The van der Waals surface area contributed by atoms with Gasteiger partial charge in [0.15, 0.2) is 0 Å². The van der Waals surface area contributed by atoms with Crippen LogP contribution in [0.4, 0.5) is 0 Å². The van der Waals surface area contributed by atoms with Crippen molar-refractivity contribution in [3.05, 3.63) is 58.5 Å². The Labute approximate surface area is 186 Å². The summed E-state index contributed by atoms with van der Waals surface area (Å²) in [5, 5.41) is 2.88. The van der Waals surface area contributed by atoms with Gasteiger partial charge < -0.3 is 10.3 Å². The molecule has 0 bridgehead atoms. The predicted octanol–water partition coefficient (Wildman–Crippen LogP) is 3.87. The van der Waals surface area contributed by atoms with Crippen molar-refractivity contribution >= 4 is 46.2 Å². The number of aromatic amines is 1. The van der Waals surface area contributed by atoms with Crippen LogP contribution in [0.3, 0.4) is 0 Å².